The molecule has 0 aromatic heterocycles. The van der Waals surface area contributed by atoms with Gasteiger partial charge in [0, 0.05) is 0 Å². The predicted octanol–water partition coefficient (Wildman–Crippen LogP) is 0.0838. The summed E-state index contributed by atoms with van der Waals surface area (Å²) in [7, 11) is 0. The van der Waals surface area contributed by atoms with Crippen LogP contribution in [0.2, 0.25) is 0 Å². The number of hydrogen-bond acceptors (Lipinski definition) is 12. The molecule has 0 fully saturated rings. The molecule has 0 rings (SSSR count). The summed E-state index contributed by atoms with van der Waals surface area (Å²) in [6.07, 6.45) is 0. The molecule has 0 atom stereocenters. The number of hydrogen-bond donors (Lipinski definition) is 0. The van der Waals surface area contributed by atoms with Crippen LogP contribution < -0.4 is 0 Å². The van der Waals surface area contributed by atoms with Gasteiger partial charge in [-0.25, -0.2) is 31.6 Å². The Hall–Kier alpha value is -1.21. The van der Waals surface area contributed by atoms with E-state index in [0.717, 1.165) is 0 Å². The maximum absolute atomic E-state index is 7.13. The summed E-state index contributed by atoms with van der Waals surface area (Å²) >= 11 is 22.2. The minimum atomic E-state index is 0. The second-order valence-electron chi connectivity index (χ2n) is 0.548. The van der Waals surface area contributed by atoms with E-state index in [2.05, 4.69) is 75.8 Å². The van der Waals surface area contributed by atoms with Crippen LogP contribution in [-0.4, -0.2) is 0 Å². The topological polar surface area (TPSA) is 143 Å². The van der Waals surface area contributed by atoms with E-state index in [1.165, 1.54) is 32.4 Å². The van der Waals surface area contributed by atoms with Gasteiger partial charge in [0.15, 0.2) is 0 Å². The second kappa shape index (κ2) is 182. The van der Waals surface area contributed by atoms with E-state index >= 15 is 0 Å². The van der Waals surface area contributed by atoms with Gasteiger partial charge in [0.1, 0.15) is 0 Å². The van der Waals surface area contributed by atoms with Gasteiger partial charge in [-0.05, 0) is 0 Å². The molecule has 0 amide bonds. The first kappa shape index (κ1) is 43.1. The fourth-order valence-corrected chi connectivity index (χ4v) is 0. The van der Waals surface area contributed by atoms with E-state index in [1.807, 2.05) is 0 Å². The minimum Gasteiger partial charge on any atom is -0.696 e. The standard InChI is InChI=1S/6CHNS.Cr/c6*2-1-3;/h6*3H;/q;;;;;;+6/p-6. The van der Waals surface area contributed by atoms with Gasteiger partial charge < -0.3 is 75.8 Å². The molecule has 0 N–H and O–H groups in total. The average molecular weight is 401 g/mol. The van der Waals surface area contributed by atoms with Gasteiger partial charge in [-0.2, -0.15) is 0 Å². The summed E-state index contributed by atoms with van der Waals surface area (Å²) in [5.74, 6) is 0. The van der Waals surface area contributed by atoms with Crippen molar-refractivity contribution in [2.75, 3.05) is 0 Å². The summed E-state index contributed by atoms with van der Waals surface area (Å²) in [4.78, 5) is 0. The first-order valence-electron chi connectivity index (χ1n) is 2.57. The third-order valence-electron chi connectivity index (χ3n) is 0. The molecular formula is C6CrN6S6. The minimum absolute atomic E-state index is 0. The maximum Gasteiger partial charge on any atom is 6.00 e. The van der Waals surface area contributed by atoms with Crippen molar-refractivity contribution in [3.8, 4) is 32.4 Å². The monoisotopic (exact) mass is 400 g/mol. The van der Waals surface area contributed by atoms with Crippen LogP contribution in [0.3, 0.4) is 0 Å². The fourth-order valence-electron chi connectivity index (χ4n) is 0. The van der Waals surface area contributed by atoms with Crippen molar-refractivity contribution in [1.29, 1.82) is 31.6 Å². The largest absolute Gasteiger partial charge is 6.00 e. The van der Waals surface area contributed by atoms with Crippen molar-refractivity contribution in [3.05, 3.63) is 0 Å². The first-order valence-corrected chi connectivity index (χ1v) is 5.02. The van der Waals surface area contributed by atoms with Gasteiger partial charge in [0.2, 0.25) is 0 Å². The average Bonchev–Trinajstić information content (AvgIpc) is 2.23. The summed E-state index contributed by atoms with van der Waals surface area (Å²) in [5.41, 5.74) is 0. The quantitative estimate of drug-likeness (QED) is 0.401. The van der Waals surface area contributed by atoms with E-state index in [0.29, 0.717) is 0 Å². The van der Waals surface area contributed by atoms with Crippen LogP contribution in [0.5, 0.6) is 0 Å². The normalized spacial score (nSPS) is 2.21. The molecule has 0 aliphatic rings. The van der Waals surface area contributed by atoms with Crippen molar-refractivity contribution in [2.24, 2.45) is 0 Å². The van der Waals surface area contributed by atoms with Gasteiger partial charge >= 0.3 is 17.4 Å². The zero-order valence-electron chi connectivity index (χ0n) is 8.54. The third kappa shape index (κ3) is 2520. The molecule has 13 heteroatoms. The molecule has 19 heavy (non-hydrogen) atoms. The van der Waals surface area contributed by atoms with E-state index in [4.69, 9.17) is 31.6 Å². The maximum atomic E-state index is 7.13. The Balaban J connectivity index is -0.0000000180. The molecule has 0 unspecified atom stereocenters. The van der Waals surface area contributed by atoms with Gasteiger partial charge in [-0.1, -0.05) is 32.4 Å². The van der Waals surface area contributed by atoms with Crippen molar-refractivity contribution < 1.29 is 17.4 Å². The van der Waals surface area contributed by atoms with Crippen molar-refractivity contribution in [3.63, 3.8) is 0 Å². The van der Waals surface area contributed by atoms with Crippen LogP contribution in [0.1, 0.15) is 0 Å². The molecule has 0 bridgehead atoms. The van der Waals surface area contributed by atoms with Crippen LogP contribution in [0, 0.1) is 64.0 Å². The second-order valence-corrected chi connectivity index (χ2v) is 1.64. The molecule has 0 aromatic carbocycles. The molecule has 0 saturated heterocycles. The van der Waals surface area contributed by atoms with Crippen LogP contribution in [0.15, 0.2) is 0 Å². The van der Waals surface area contributed by atoms with Gasteiger partial charge in [-0.15, -0.1) is 0 Å². The Bertz CT molecular complexity index is 256. The molecule has 96 valence electrons. The van der Waals surface area contributed by atoms with E-state index in [1.54, 1.807) is 0 Å². The summed E-state index contributed by atoms with van der Waals surface area (Å²) < 4.78 is 0. The Morgan fingerprint density at radius 2 is 0.368 bits per heavy atom. The smallest absolute Gasteiger partial charge is 0.696 e. The molecule has 0 radical (unpaired) electrons. The Morgan fingerprint density at radius 1 is 0.368 bits per heavy atom. The summed E-state index contributed by atoms with van der Waals surface area (Å²) in [6, 6.07) is 0. The fraction of sp³-hybridized carbons (Fsp3) is 0. The van der Waals surface area contributed by atoms with Crippen LogP contribution >= 0.6 is 0 Å². The molecule has 0 saturated carbocycles. The Morgan fingerprint density at radius 3 is 0.368 bits per heavy atom. The van der Waals surface area contributed by atoms with E-state index in [-0.39, 0.29) is 17.4 Å². The zero-order chi connectivity index (χ0) is 16.2. The number of nitriles is 6. The van der Waals surface area contributed by atoms with Gasteiger partial charge in [-0.3, -0.25) is 0 Å². The molecule has 0 aromatic rings. The van der Waals surface area contributed by atoms with Crippen molar-refractivity contribution in [2.45, 2.75) is 0 Å². The molecule has 6 nitrogen and oxygen atoms in total. The third-order valence-corrected chi connectivity index (χ3v) is 0. The first-order chi connectivity index (χ1) is 8.49. The zero-order valence-corrected chi connectivity index (χ0v) is 14.7. The van der Waals surface area contributed by atoms with Crippen LogP contribution in [0.4, 0.5) is 0 Å². The molecule has 0 aliphatic carbocycles. The van der Waals surface area contributed by atoms with E-state index in [9.17, 15) is 0 Å². The number of rotatable bonds is 0. The number of thiocyanates is 6. The molecule has 0 heterocycles. The predicted molar refractivity (Wildman–Crippen MR) is 77.9 cm³/mol. The molecular weight excluding hydrogens is 401 g/mol. The Labute approximate surface area is 156 Å². The van der Waals surface area contributed by atoms with Crippen LogP contribution in [-0.2, 0) is 93.1 Å². The van der Waals surface area contributed by atoms with Gasteiger partial charge in [0.05, 0.1) is 0 Å². The molecule has 0 spiro atoms. The summed E-state index contributed by atoms with van der Waals surface area (Å²) in [5, 5.41) is 50.8. The SMILES string of the molecule is N#C[S-].N#C[S-].N#C[S-].N#C[S-].N#C[S-].N#C[S-].[Cr+6]. The van der Waals surface area contributed by atoms with Gasteiger partial charge in [0.25, 0.3) is 0 Å². The van der Waals surface area contributed by atoms with Crippen LogP contribution in [0.25, 0.3) is 0 Å². The summed E-state index contributed by atoms with van der Waals surface area (Å²) in [6.45, 7) is 0. The van der Waals surface area contributed by atoms with Crippen molar-refractivity contribution in [1.82, 2.24) is 0 Å². The van der Waals surface area contributed by atoms with Crippen molar-refractivity contribution >= 4 is 75.8 Å². The number of nitrogens with zero attached hydrogens (tertiary/aromatic N) is 6. The van der Waals surface area contributed by atoms with E-state index < -0.39 is 0 Å². The Kier molecular flexibility index (Phi) is 413. The molecule has 0 aliphatic heterocycles.